The number of carbonyl (C=O) groups excluding carboxylic acids is 1. The lowest BCUT2D eigenvalue weighted by Crippen LogP contribution is -2.53. The van der Waals surface area contributed by atoms with Crippen molar-refractivity contribution in [2.24, 2.45) is 0 Å². The van der Waals surface area contributed by atoms with Gasteiger partial charge in [-0.2, -0.15) is 0 Å². The number of carbonyl (C=O) groups is 1. The lowest BCUT2D eigenvalue weighted by molar-refractivity contribution is -0.143. The summed E-state index contributed by atoms with van der Waals surface area (Å²) in [4.78, 5) is 11.3. The van der Waals surface area contributed by atoms with E-state index in [2.05, 4.69) is 0 Å². The Bertz CT molecular complexity index is 551. The molecule has 0 saturated carbocycles. The molecule has 6 heteroatoms. The zero-order valence-corrected chi connectivity index (χ0v) is 16.0. The summed E-state index contributed by atoms with van der Waals surface area (Å²) < 4.78 is 10.6. The maximum absolute atomic E-state index is 11.3. The highest BCUT2D eigenvalue weighted by molar-refractivity contribution is 6.60. The summed E-state index contributed by atoms with van der Waals surface area (Å²) in [7, 11) is -1.11. The minimum Gasteiger partial charge on any atom is -0.466 e. The Balaban J connectivity index is 2.58. The van der Waals surface area contributed by atoms with E-state index in [1.165, 1.54) is 0 Å². The number of rotatable bonds is 10. The van der Waals surface area contributed by atoms with Crippen LogP contribution in [0.25, 0.3) is 0 Å². The zero-order chi connectivity index (χ0) is 19.1. The molecule has 5 nitrogen and oxygen atoms in total. The van der Waals surface area contributed by atoms with Gasteiger partial charge in [0, 0.05) is 6.42 Å². The standard InChI is InChI=1S/C19H31BO5/c1-6-24-17(21)13-8-7-10-15-11-9-12-16(14-15)20(23)25-19(4,5)18(2,3)22/h9,11-12,14,22-23H,6-8,10,13H2,1-5H3. The van der Waals surface area contributed by atoms with Crippen LogP contribution in [0.1, 0.15) is 59.4 Å². The van der Waals surface area contributed by atoms with Crippen LogP contribution in [0.15, 0.2) is 24.3 Å². The van der Waals surface area contributed by atoms with Gasteiger partial charge in [-0.3, -0.25) is 4.79 Å². The van der Waals surface area contributed by atoms with Crippen molar-refractivity contribution in [3.05, 3.63) is 29.8 Å². The molecule has 0 amide bonds. The van der Waals surface area contributed by atoms with E-state index < -0.39 is 18.3 Å². The summed E-state index contributed by atoms with van der Waals surface area (Å²) in [5, 5.41) is 20.5. The highest BCUT2D eigenvalue weighted by Gasteiger charge is 2.39. The molecule has 2 N–H and O–H groups in total. The minimum absolute atomic E-state index is 0.158. The molecule has 0 atom stereocenters. The van der Waals surface area contributed by atoms with Gasteiger partial charge in [0.05, 0.1) is 17.8 Å². The van der Waals surface area contributed by atoms with Crippen LogP contribution in [0.3, 0.4) is 0 Å². The molecule has 1 aromatic rings. The van der Waals surface area contributed by atoms with Crippen molar-refractivity contribution < 1.29 is 24.3 Å². The number of ether oxygens (including phenoxy) is 1. The second-order valence-corrected chi connectivity index (χ2v) is 7.30. The maximum atomic E-state index is 11.3. The normalized spacial score (nSPS) is 12.1. The lowest BCUT2D eigenvalue weighted by atomic mass is 9.76. The van der Waals surface area contributed by atoms with E-state index in [-0.39, 0.29) is 5.97 Å². The molecule has 0 bridgehead atoms. The fourth-order valence-corrected chi connectivity index (χ4v) is 2.23. The van der Waals surface area contributed by atoms with Gasteiger partial charge in [-0.05, 0) is 64.9 Å². The van der Waals surface area contributed by atoms with Gasteiger partial charge in [-0.1, -0.05) is 24.3 Å². The Morgan fingerprint density at radius 1 is 1.20 bits per heavy atom. The molecule has 0 heterocycles. The Hall–Kier alpha value is -1.37. The fourth-order valence-electron chi connectivity index (χ4n) is 2.23. The molecule has 0 saturated heterocycles. The third-order valence-electron chi connectivity index (χ3n) is 4.52. The predicted molar refractivity (Wildman–Crippen MR) is 99.7 cm³/mol. The molecular weight excluding hydrogens is 319 g/mol. The van der Waals surface area contributed by atoms with Crippen LogP contribution in [-0.4, -0.2) is 41.0 Å². The third kappa shape index (κ3) is 7.18. The van der Waals surface area contributed by atoms with E-state index in [1.807, 2.05) is 18.2 Å². The van der Waals surface area contributed by atoms with E-state index in [9.17, 15) is 14.9 Å². The maximum Gasteiger partial charge on any atom is 0.491 e. The second-order valence-electron chi connectivity index (χ2n) is 7.30. The molecule has 0 unspecified atom stereocenters. The molecular formula is C19H31BO5. The fraction of sp³-hybridized carbons (Fsp3) is 0.632. The Labute approximate surface area is 151 Å². The van der Waals surface area contributed by atoms with Crippen molar-refractivity contribution in [2.75, 3.05) is 6.61 Å². The molecule has 0 radical (unpaired) electrons. The Morgan fingerprint density at radius 2 is 1.88 bits per heavy atom. The van der Waals surface area contributed by atoms with Crippen LogP contribution >= 0.6 is 0 Å². The van der Waals surface area contributed by atoms with Crippen LogP contribution in [0.4, 0.5) is 0 Å². The first-order valence-electron chi connectivity index (χ1n) is 8.89. The van der Waals surface area contributed by atoms with Crippen molar-refractivity contribution in [3.63, 3.8) is 0 Å². The first-order chi connectivity index (χ1) is 11.6. The van der Waals surface area contributed by atoms with Crippen molar-refractivity contribution >= 4 is 18.6 Å². The smallest absolute Gasteiger partial charge is 0.466 e. The van der Waals surface area contributed by atoms with Crippen LogP contribution < -0.4 is 5.46 Å². The third-order valence-corrected chi connectivity index (χ3v) is 4.52. The van der Waals surface area contributed by atoms with E-state index in [1.54, 1.807) is 40.7 Å². The van der Waals surface area contributed by atoms with Crippen molar-refractivity contribution in [1.29, 1.82) is 0 Å². The average molecular weight is 350 g/mol. The van der Waals surface area contributed by atoms with Crippen molar-refractivity contribution in [3.8, 4) is 0 Å². The molecule has 0 aliphatic heterocycles. The Morgan fingerprint density at radius 3 is 2.48 bits per heavy atom. The molecule has 140 valence electrons. The SMILES string of the molecule is CCOC(=O)CCCCc1cccc(B(O)OC(C)(C)C(C)(C)O)c1. The number of hydrogen-bond acceptors (Lipinski definition) is 5. The van der Waals surface area contributed by atoms with Gasteiger partial charge in [0.25, 0.3) is 0 Å². The lowest BCUT2D eigenvalue weighted by Gasteiger charge is -2.38. The van der Waals surface area contributed by atoms with E-state index in [4.69, 9.17) is 9.39 Å². The highest BCUT2D eigenvalue weighted by atomic mass is 16.5. The predicted octanol–water partition coefficient (Wildman–Crippen LogP) is 2.22. The van der Waals surface area contributed by atoms with E-state index >= 15 is 0 Å². The molecule has 1 aromatic carbocycles. The largest absolute Gasteiger partial charge is 0.491 e. The van der Waals surface area contributed by atoms with Crippen LogP contribution in [0, 0.1) is 0 Å². The van der Waals surface area contributed by atoms with Gasteiger partial charge in [0.15, 0.2) is 0 Å². The number of aryl methyl sites for hydroxylation is 1. The summed E-state index contributed by atoms with van der Waals surface area (Å²) in [6, 6.07) is 7.56. The topological polar surface area (TPSA) is 76.0 Å². The molecule has 0 aliphatic rings. The highest BCUT2D eigenvalue weighted by Crippen LogP contribution is 2.25. The molecule has 0 fully saturated rings. The van der Waals surface area contributed by atoms with Gasteiger partial charge in [-0.25, -0.2) is 0 Å². The number of benzene rings is 1. The molecule has 0 aliphatic carbocycles. The summed E-state index contributed by atoms with van der Waals surface area (Å²) in [5.74, 6) is -0.158. The van der Waals surface area contributed by atoms with Crippen LogP contribution in [-0.2, 0) is 20.6 Å². The molecule has 0 aromatic heterocycles. The summed E-state index contributed by atoms with van der Waals surface area (Å²) >= 11 is 0. The molecule has 25 heavy (non-hydrogen) atoms. The quantitative estimate of drug-likeness (QED) is 0.384. The number of aliphatic hydroxyl groups is 1. The van der Waals surface area contributed by atoms with Gasteiger partial charge < -0.3 is 19.5 Å². The molecule has 1 rings (SSSR count). The number of hydrogen-bond donors (Lipinski definition) is 2. The van der Waals surface area contributed by atoms with Gasteiger partial charge >= 0.3 is 13.1 Å². The zero-order valence-electron chi connectivity index (χ0n) is 16.0. The van der Waals surface area contributed by atoms with Gasteiger partial charge in [0.2, 0.25) is 0 Å². The van der Waals surface area contributed by atoms with Gasteiger partial charge in [-0.15, -0.1) is 0 Å². The van der Waals surface area contributed by atoms with Gasteiger partial charge in [0.1, 0.15) is 0 Å². The molecule has 0 spiro atoms. The monoisotopic (exact) mass is 350 g/mol. The first kappa shape index (κ1) is 21.7. The van der Waals surface area contributed by atoms with Crippen molar-refractivity contribution in [2.45, 2.75) is 71.5 Å². The number of esters is 1. The average Bonchev–Trinajstić information content (AvgIpc) is 2.50. The van der Waals surface area contributed by atoms with Crippen LogP contribution in [0.5, 0.6) is 0 Å². The summed E-state index contributed by atoms with van der Waals surface area (Å²) in [6.07, 6.45) is 2.89. The Kier molecular flexibility index (Phi) is 8.12. The first-order valence-corrected chi connectivity index (χ1v) is 8.89. The van der Waals surface area contributed by atoms with Crippen LogP contribution in [0.2, 0.25) is 0 Å². The summed E-state index contributed by atoms with van der Waals surface area (Å²) in [6.45, 7) is 9.01. The number of unbranched alkanes of at least 4 members (excludes halogenated alkanes) is 1. The van der Waals surface area contributed by atoms with Crippen molar-refractivity contribution in [1.82, 2.24) is 0 Å². The van der Waals surface area contributed by atoms with E-state index in [0.717, 1.165) is 24.8 Å². The second kappa shape index (κ2) is 9.37. The summed E-state index contributed by atoms with van der Waals surface area (Å²) in [5.41, 5.74) is -0.258. The van der Waals surface area contributed by atoms with E-state index in [0.29, 0.717) is 18.5 Å². The minimum atomic E-state index is -1.11.